The Morgan fingerprint density at radius 1 is 0.857 bits per heavy atom. The first-order chi connectivity index (χ1) is 12.8. The minimum absolute atomic E-state index is 0. The van der Waals surface area contributed by atoms with Crippen LogP contribution in [-0.4, -0.2) is 36.3 Å². The monoisotopic (exact) mass is 455 g/mol. The highest BCUT2D eigenvalue weighted by atomic mass is 79.9. The molecule has 0 aliphatic carbocycles. The average molecular weight is 457 g/mol. The van der Waals surface area contributed by atoms with E-state index in [4.69, 9.17) is 0 Å². The van der Waals surface area contributed by atoms with Gasteiger partial charge in [-0.25, -0.2) is 0 Å². The summed E-state index contributed by atoms with van der Waals surface area (Å²) in [6.07, 6.45) is 13.3. The van der Waals surface area contributed by atoms with E-state index < -0.39 is 6.10 Å². The van der Waals surface area contributed by atoms with Gasteiger partial charge in [0, 0.05) is 0 Å². The van der Waals surface area contributed by atoms with Crippen LogP contribution in [0.25, 0.3) is 0 Å². The lowest BCUT2D eigenvalue weighted by atomic mass is 9.95. The molecule has 0 bridgehead atoms. The smallest absolute Gasteiger partial charge is 0.131 e. The van der Waals surface area contributed by atoms with E-state index >= 15 is 0 Å². The molecule has 1 rings (SSSR count). The van der Waals surface area contributed by atoms with E-state index in [-0.39, 0.29) is 23.0 Å². The van der Waals surface area contributed by atoms with Crippen LogP contribution in [0.2, 0.25) is 0 Å². The first kappa shape index (κ1) is 27.6. The Kier molecular flexibility index (Phi) is 14.4. The van der Waals surface area contributed by atoms with Crippen LogP contribution in [0, 0.1) is 13.8 Å². The van der Waals surface area contributed by atoms with Gasteiger partial charge in [-0.15, -0.1) is 0 Å². The highest BCUT2D eigenvalue weighted by Crippen LogP contribution is 2.27. The van der Waals surface area contributed by atoms with Crippen molar-refractivity contribution in [3.8, 4) is 0 Å². The van der Waals surface area contributed by atoms with Gasteiger partial charge in [-0.3, -0.25) is 0 Å². The second kappa shape index (κ2) is 14.6. The van der Waals surface area contributed by atoms with E-state index in [9.17, 15) is 5.11 Å². The highest BCUT2D eigenvalue weighted by molar-refractivity contribution is 5.32. The van der Waals surface area contributed by atoms with E-state index in [2.05, 4.69) is 60.0 Å². The number of halogens is 1. The lowest BCUT2D eigenvalue weighted by Gasteiger charge is -2.39. The molecule has 3 heteroatoms. The molecule has 0 spiro atoms. The Labute approximate surface area is 186 Å². The summed E-state index contributed by atoms with van der Waals surface area (Å²) in [6.45, 7) is 9.82. The minimum atomic E-state index is -0.400. The lowest BCUT2D eigenvalue weighted by Crippen LogP contribution is -3.00. The predicted molar refractivity (Wildman–Crippen MR) is 119 cm³/mol. The number of quaternary nitrogens is 1. The number of aliphatic hydroxyl groups is 1. The Balaban J connectivity index is 0.00000729. The zero-order chi connectivity index (χ0) is 20.3. The first-order valence-corrected chi connectivity index (χ1v) is 11.4. The number of benzene rings is 1. The van der Waals surface area contributed by atoms with Gasteiger partial charge >= 0.3 is 0 Å². The summed E-state index contributed by atoms with van der Waals surface area (Å²) >= 11 is 0. The molecule has 28 heavy (non-hydrogen) atoms. The van der Waals surface area contributed by atoms with Gasteiger partial charge in [-0.1, -0.05) is 82.1 Å². The molecule has 0 aromatic heterocycles. The van der Waals surface area contributed by atoms with Crippen LogP contribution >= 0.6 is 0 Å². The fourth-order valence-corrected chi connectivity index (χ4v) is 3.93. The molecule has 0 aliphatic rings. The van der Waals surface area contributed by atoms with Gasteiger partial charge < -0.3 is 26.6 Å². The van der Waals surface area contributed by atoms with E-state index in [0.717, 1.165) is 16.6 Å². The largest absolute Gasteiger partial charge is 1.00 e. The fourth-order valence-electron chi connectivity index (χ4n) is 3.93. The zero-order valence-corrected chi connectivity index (χ0v) is 21.0. The van der Waals surface area contributed by atoms with Gasteiger partial charge in [0.1, 0.15) is 12.1 Å². The van der Waals surface area contributed by atoms with Crippen molar-refractivity contribution in [2.75, 3.05) is 20.6 Å². The number of rotatable bonds is 14. The third-order valence-electron chi connectivity index (χ3n) is 6.40. The SMILES string of the molecule is CCCCCCCCCCCC[N+](C)(C)C(C)C(O)c1cc(C)ccc1C.[Br-]. The highest BCUT2D eigenvalue weighted by Gasteiger charge is 2.31. The van der Waals surface area contributed by atoms with Gasteiger partial charge in [-0.05, 0) is 44.7 Å². The molecule has 164 valence electrons. The standard InChI is InChI=1S/C25H46NO.BrH/c1-7-8-9-10-11-12-13-14-15-16-19-26(5,6)23(4)25(27)24-20-21(2)17-18-22(24)3;/h17-18,20,23,25,27H,7-16,19H2,1-6H3;1H/q+1;/p-1. The topological polar surface area (TPSA) is 20.2 Å². The van der Waals surface area contributed by atoms with Crippen LogP contribution in [0.15, 0.2) is 18.2 Å². The Hall–Kier alpha value is -0.380. The summed E-state index contributed by atoms with van der Waals surface area (Å²) in [6, 6.07) is 6.60. The Bertz CT molecular complexity index is 529. The van der Waals surface area contributed by atoms with Crippen molar-refractivity contribution < 1.29 is 26.6 Å². The number of nitrogens with zero attached hydrogens (tertiary/aromatic N) is 1. The molecular weight excluding hydrogens is 410 g/mol. The van der Waals surface area contributed by atoms with Gasteiger partial charge in [0.05, 0.1) is 20.6 Å². The fraction of sp³-hybridized carbons (Fsp3) is 0.760. The second-order valence-electron chi connectivity index (χ2n) is 9.23. The van der Waals surface area contributed by atoms with E-state index in [0.29, 0.717) is 0 Å². The molecular formula is C25H46BrNO. The maximum Gasteiger partial charge on any atom is 0.131 e. The van der Waals surface area contributed by atoms with Crippen LogP contribution in [-0.2, 0) is 0 Å². The number of hydrogen-bond donors (Lipinski definition) is 1. The summed E-state index contributed by atoms with van der Waals surface area (Å²) < 4.78 is 0.881. The lowest BCUT2D eigenvalue weighted by molar-refractivity contribution is -0.917. The molecule has 1 aromatic carbocycles. The molecule has 2 nitrogen and oxygen atoms in total. The van der Waals surface area contributed by atoms with Crippen LogP contribution in [0.4, 0.5) is 0 Å². The Morgan fingerprint density at radius 3 is 1.89 bits per heavy atom. The molecule has 0 aliphatic heterocycles. The molecule has 0 saturated heterocycles. The van der Waals surface area contributed by atoms with Crippen LogP contribution in [0.5, 0.6) is 0 Å². The molecule has 1 aromatic rings. The van der Waals surface area contributed by atoms with E-state index in [1.807, 2.05) is 0 Å². The minimum Gasteiger partial charge on any atom is -1.00 e. The summed E-state index contributed by atoms with van der Waals surface area (Å²) in [4.78, 5) is 0. The van der Waals surface area contributed by atoms with Crippen molar-refractivity contribution in [1.82, 2.24) is 0 Å². The number of aliphatic hydroxyl groups excluding tert-OH is 1. The third-order valence-corrected chi connectivity index (χ3v) is 6.40. The molecule has 0 radical (unpaired) electrons. The van der Waals surface area contributed by atoms with Crippen molar-refractivity contribution in [3.63, 3.8) is 0 Å². The summed E-state index contributed by atoms with van der Waals surface area (Å²) in [5.41, 5.74) is 3.51. The molecule has 2 unspecified atom stereocenters. The molecule has 1 N–H and O–H groups in total. The quantitative estimate of drug-likeness (QED) is 0.334. The number of aryl methyl sites for hydroxylation is 2. The van der Waals surface area contributed by atoms with Crippen molar-refractivity contribution in [2.45, 2.75) is 104 Å². The van der Waals surface area contributed by atoms with E-state index in [1.54, 1.807) is 0 Å². The van der Waals surface area contributed by atoms with Crippen LogP contribution < -0.4 is 17.0 Å². The normalized spacial score (nSPS) is 13.8. The Morgan fingerprint density at radius 2 is 1.36 bits per heavy atom. The van der Waals surface area contributed by atoms with Gasteiger partial charge in [0.15, 0.2) is 0 Å². The summed E-state index contributed by atoms with van der Waals surface area (Å²) in [5.74, 6) is 0. The molecule has 2 atom stereocenters. The van der Waals surface area contributed by atoms with Crippen molar-refractivity contribution in [1.29, 1.82) is 0 Å². The summed E-state index contributed by atoms with van der Waals surface area (Å²) in [5, 5.41) is 11.0. The van der Waals surface area contributed by atoms with E-state index in [1.165, 1.54) is 75.3 Å². The number of unbranched alkanes of at least 4 members (excludes halogenated alkanes) is 9. The molecule has 0 amide bonds. The maximum atomic E-state index is 11.0. The van der Waals surface area contributed by atoms with Crippen molar-refractivity contribution in [2.24, 2.45) is 0 Å². The zero-order valence-electron chi connectivity index (χ0n) is 19.4. The number of hydrogen-bond acceptors (Lipinski definition) is 1. The molecule has 0 saturated carbocycles. The number of likely N-dealkylation sites (N-methyl/N-ethyl adjacent to an activating group) is 1. The van der Waals surface area contributed by atoms with Crippen molar-refractivity contribution >= 4 is 0 Å². The predicted octanol–water partition coefficient (Wildman–Crippen LogP) is 3.73. The van der Waals surface area contributed by atoms with Gasteiger partial charge in [0.2, 0.25) is 0 Å². The van der Waals surface area contributed by atoms with Crippen LogP contribution in [0.3, 0.4) is 0 Å². The van der Waals surface area contributed by atoms with Crippen LogP contribution in [0.1, 0.15) is 101 Å². The van der Waals surface area contributed by atoms with Gasteiger partial charge in [-0.2, -0.15) is 0 Å². The second-order valence-corrected chi connectivity index (χ2v) is 9.23. The van der Waals surface area contributed by atoms with Gasteiger partial charge in [0.25, 0.3) is 0 Å². The molecule has 0 fully saturated rings. The first-order valence-electron chi connectivity index (χ1n) is 11.4. The molecule has 0 heterocycles. The third kappa shape index (κ3) is 9.89. The average Bonchev–Trinajstić information content (AvgIpc) is 2.64. The van der Waals surface area contributed by atoms with Crippen molar-refractivity contribution in [3.05, 3.63) is 34.9 Å². The maximum absolute atomic E-state index is 11.0. The summed E-state index contributed by atoms with van der Waals surface area (Å²) in [7, 11) is 4.54.